The predicted octanol–water partition coefficient (Wildman–Crippen LogP) is 1.57. The fraction of sp³-hybridized carbons (Fsp3) is 1.00. The van der Waals surface area contributed by atoms with Gasteiger partial charge in [-0.1, -0.05) is 45.2 Å². The molecule has 0 bridgehead atoms. The highest BCUT2D eigenvalue weighted by Gasteiger charge is 2.12. The Kier molecular flexibility index (Phi) is 6.63. The fourth-order valence-corrected chi connectivity index (χ4v) is 2.90. The van der Waals surface area contributed by atoms with Crippen LogP contribution in [-0.2, 0) is 4.43 Å². The van der Waals surface area contributed by atoms with Crippen molar-refractivity contribution in [3.8, 4) is 0 Å². The quantitative estimate of drug-likeness (QED) is 0.559. The van der Waals surface area contributed by atoms with E-state index in [-0.39, 0.29) is 0 Å². The van der Waals surface area contributed by atoms with Crippen molar-refractivity contribution in [2.24, 2.45) is 0 Å². The Balaban J connectivity index is 3.41. The SMILES string of the molecule is CCCC(O[SiH3])C(Br)Br. The second-order valence-electron chi connectivity index (χ2n) is 1.90. The predicted molar refractivity (Wildman–Crippen MR) is 51.4 cm³/mol. The zero-order valence-electron chi connectivity index (χ0n) is 5.73. The van der Waals surface area contributed by atoms with Gasteiger partial charge in [-0.25, -0.2) is 0 Å². The van der Waals surface area contributed by atoms with E-state index >= 15 is 0 Å². The van der Waals surface area contributed by atoms with Gasteiger partial charge in [-0.3, -0.25) is 0 Å². The maximum absolute atomic E-state index is 5.30. The zero-order valence-corrected chi connectivity index (χ0v) is 10.9. The first-order valence-corrected chi connectivity index (χ1v) is 5.68. The smallest absolute Gasteiger partial charge is 0.146 e. The van der Waals surface area contributed by atoms with Crippen molar-refractivity contribution in [1.29, 1.82) is 0 Å². The van der Waals surface area contributed by atoms with Gasteiger partial charge >= 0.3 is 0 Å². The van der Waals surface area contributed by atoms with E-state index in [0.717, 1.165) is 16.9 Å². The van der Waals surface area contributed by atoms with Gasteiger partial charge in [0.05, 0.1) is 9.84 Å². The second-order valence-corrected chi connectivity index (χ2v) is 5.57. The number of hydrogen-bond donors (Lipinski definition) is 0. The van der Waals surface area contributed by atoms with Crippen LogP contribution in [0.1, 0.15) is 19.8 Å². The Morgan fingerprint density at radius 2 is 2.11 bits per heavy atom. The molecule has 0 saturated heterocycles. The Hall–Kier alpha value is 1.14. The molecule has 56 valence electrons. The third-order valence-corrected chi connectivity index (χ3v) is 2.94. The topological polar surface area (TPSA) is 9.23 Å². The van der Waals surface area contributed by atoms with Crippen LogP contribution in [-0.4, -0.2) is 20.3 Å². The lowest BCUT2D eigenvalue weighted by molar-refractivity contribution is 0.230. The molecule has 0 aromatic rings. The molecule has 0 aromatic carbocycles. The van der Waals surface area contributed by atoms with Gasteiger partial charge in [-0.15, -0.1) is 0 Å². The Labute approximate surface area is 76.3 Å². The summed E-state index contributed by atoms with van der Waals surface area (Å²) in [5.41, 5.74) is 0. The van der Waals surface area contributed by atoms with E-state index in [1.807, 2.05) is 0 Å². The molecule has 1 atom stereocenters. The molecule has 0 heterocycles. The van der Waals surface area contributed by atoms with Crippen molar-refractivity contribution in [1.82, 2.24) is 0 Å². The highest BCUT2D eigenvalue weighted by molar-refractivity contribution is 9.24. The molecule has 9 heavy (non-hydrogen) atoms. The van der Waals surface area contributed by atoms with Gasteiger partial charge in [0, 0.05) is 0 Å². The Morgan fingerprint density at radius 1 is 1.56 bits per heavy atom. The molecular formula is C5H12Br2OSi. The summed E-state index contributed by atoms with van der Waals surface area (Å²) in [5, 5.41) is 0. The van der Waals surface area contributed by atoms with Gasteiger partial charge in [0.1, 0.15) is 10.5 Å². The third-order valence-electron chi connectivity index (χ3n) is 1.16. The number of rotatable bonds is 4. The molecule has 0 saturated carbocycles. The summed E-state index contributed by atoms with van der Waals surface area (Å²) >= 11 is 6.83. The van der Waals surface area contributed by atoms with Crippen LogP contribution in [0.5, 0.6) is 0 Å². The fourth-order valence-electron chi connectivity index (χ4n) is 0.631. The zero-order chi connectivity index (χ0) is 7.28. The normalized spacial score (nSPS) is 14.7. The van der Waals surface area contributed by atoms with Crippen molar-refractivity contribution >= 4 is 42.3 Å². The first kappa shape index (κ1) is 10.1. The maximum Gasteiger partial charge on any atom is 0.146 e. The lowest BCUT2D eigenvalue weighted by atomic mass is 10.2. The summed E-state index contributed by atoms with van der Waals surface area (Å²) in [4.78, 5) is 0. The average molecular weight is 276 g/mol. The third kappa shape index (κ3) is 4.53. The van der Waals surface area contributed by atoms with Crippen LogP contribution in [0.15, 0.2) is 0 Å². The molecule has 0 aliphatic carbocycles. The van der Waals surface area contributed by atoms with E-state index in [0.29, 0.717) is 9.84 Å². The van der Waals surface area contributed by atoms with Crippen LogP contribution in [0.25, 0.3) is 0 Å². The highest BCUT2D eigenvalue weighted by atomic mass is 79.9. The van der Waals surface area contributed by atoms with E-state index in [9.17, 15) is 0 Å². The summed E-state index contributed by atoms with van der Waals surface area (Å²) < 4.78 is 5.62. The summed E-state index contributed by atoms with van der Waals surface area (Å²) in [7, 11) is 0.824. The van der Waals surface area contributed by atoms with E-state index in [4.69, 9.17) is 4.43 Å². The minimum Gasteiger partial charge on any atom is -0.423 e. The van der Waals surface area contributed by atoms with Crippen LogP contribution >= 0.6 is 31.9 Å². The van der Waals surface area contributed by atoms with Crippen LogP contribution in [0, 0.1) is 0 Å². The molecule has 0 amide bonds. The van der Waals surface area contributed by atoms with Crippen molar-refractivity contribution in [2.75, 3.05) is 0 Å². The lowest BCUT2D eigenvalue weighted by Crippen LogP contribution is -2.17. The second kappa shape index (κ2) is 5.89. The molecule has 0 N–H and O–H groups in total. The Bertz CT molecular complexity index is 70.0. The molecule has 0 spiro atoms. The van der Waals surface area contributed by atoms with Gasteiger partial charge < -0.3 is 4.43 Å². The van der Waals surface area contributed by atoms with E-state index in [2.05, 4.69) is 38.8 Å². The van der Waals surface area contributed by atoms with Gasteiger partial charge in [0.2, 0.25) is 0 Å². The largest absolute Gasteiger partial charge is 0.423 e. The van der Waals surface area contributed by atoms with Gasteiger partial charge in [0.15, 0.2) is 0 Å². The molecule has 0 radical (unpaired) electrons. The van der Waals surface area contributed by atoms with E-state index in [1.165, 1.54) is 6.42 Å². The first-order valence-electron chi connectivity index (χ1n) is 3.03. The average Bonchev–Trinajstić information content (AvgIpc) is 1.82. The van der Waals surface area contributed by atoms with Crippen molar-refractivity contribution in [2.45, 2.75) is 29.6 Å². The molecule has 0 aliphatic rings. The van der Waals surface area contributed by atoms with Crippen molar-refractivity contribution < 1.29 is 4.43 Å². The molecule has 0 aliphatic heterocycles. The monoisotopic (exact) mass is 274 g/mol. The molecule has 0 aromatic heterocycles. The Morgan fingerprint density at radius 3 is 2.22 bits per heavy atom. The van der Waals surface area contributed by atoms with E-state index < -0.39 is 0 Å². The molecule has 0 rings (SSSR count). The standard InChI is InChI=1S/C5H12Br2OSi/c1-2-3-4(8-9)5(6)7/h4-5H,2-3H2,1,9H3. The summed E-state index contributed by atoms with van der Waals surface area (Å²) in [5.74, 6) is 0. The van der Waals surface area contributed by atoms with Gasteiger partial charge in [0.25, 0.3) is 0 Å². The highest BCUT2D eigenvalue weighted by Crippen LogP contribution is 2.18. The molecule has 0 fully saturated rings. The van der Waals surface area contributed by atoms with Crippen LogP contribution < -0.4 is 0 Å². The van der Waals surface area contributed by atoms with Crippen molar-refractivity contribution in [3.05, 3.63) is 0 Å². The minimum atomic E-state index is 0.322. The molecule has 1 unspecified atom stereocenters. The first-order chi connectivity index (χ1) is 4.22. The molecular weight excluding hydrogens is 264 g/mol. The molecule has 4 heteroatoms. The molecule has 1 nitrogen and oxygen atoms in total. The van der Waals surface area contributed by atoms with Gasteiger partial charge in [-0.05, 0) is 6.42 Å². The number of hydrogen-bond acceptors (Lipinski definition) is 1. The number of halogens is 2. The number of alkyl halides is 2. The summed E-state index contributed by atoms with van der Waals surface area (Å²) in [6.07, 6.45) is 2.67. The van der Waals surface area contributed by atoms with Crippen LogP contribution in [0.4, 0.5) is 0 Å². The van der Waals surface area contributed by atoms with E-state index in [1.54, 1.807) is 0 Å². The maximum atomic E-state index is 5.30. The van der Waals surface area contributed by atoms with Crippen molar-refractivity contribution in [3.63, 3.8) is 0 Å². The summed E-state index contributed by atoms with van der Waals surface area (Å²) in [6.45, 7) is 2.16. The van der Waals surface area contributed by atoms with Gasteiger partial charge in [-0.2, -0.15) is 0 Å². The van der Waals surface area contributed by atoms with Crippen LogP contribution in [0.2, 0.25) is 0 Å². The lowest BCUT2D eigenvalue weighted by Gasteiger charge is -2.15. The van der Waals surface area contributed by atoms with Crippen LogP contribution in [0.3, 0.4) is 0 Å². The minimum absolute atomic E-state index is 0.322. The summed E-state index contributed by atoms with van der Waals surface area (Å²) in [6, 6.07) is 0.